The summed E-state index contributed by atoms with van der Waals surface area (Å²) in [5.41, 5.74) is 0.262. The Morgan fingerprint density at radius 2 is 2.13 bits per heavy atom. The van der Waals surface area contributed by atoms with E-state index in [9.17, 15) is 9.59 Å². The normalized spacial score (nSPS) is 10.9. The Morgan fingerprint density at radius 3 is 2.60 bits per heavy atom. The number of aliphatic carboxylic acids is 1. The van der Waals surface area contributed by atoms with E-state index in [0.717, 1.165) is 19.1 Å². The second-order valence-corrected chi connectivity index (χ2v) is 3.00. The fourth-order valence-electron chi connectivity index (χ4n) is 1.01. The van der Waals surface area contributed by atoms with E-state index in [4.69, 9.17) is 5.11 Å². The minimum atomic E-state index is -0.977. The number of hydrogen-bond acceptors (Lipinski definition) is 3. The van der Waals surface area contributed by atoms with Crippen molar-refractivity contribution in [2.75, 3.05) is 0 Å². The van der Waals surface area contributed by atoms with E-state index in [1.54, 1.807) is 0 Å². The van der Waals surface area contributed by atoms with Gasteiger partial charge in [0.15, 0.2) is 0 Å². The van der Waals surface area contributed by atoms with Gasteiger partial charge in [-0.1, -0.05) is 26.0 Å². The third kappa shape index (κ3) is 6.49. The van der Waals surface area contributed by atoms with Gasteiger partial charge in [0.1, 0.15) is 0 Å². The molecule has 4 heteroatoms. The first-order valence-corrected chi connectivity index (χ1v) is 4.84. The van der Waals surface area contributed by atoms with E-state index in [1.165, 1.54) is 6.08 Å². The maximum absolute atomic E-state index is 10.9. The molecule has 0 unspecified atom stereocenters. The summed E-state index contributed by atoms with van der Waals surface area (Å²) >= 11 is 0. The van der Waals surface area contributed by atoms with Crippen LogP contribution in [0.3, 0.4) is 0 Å². The number of carboxylic acid groups (broad SMARTS) is 1. The SMILES string of the molecule is C=COC(=O)CC=C(CCCC)C(=O)O. The molecule has 0 amide bonds. The van der Waals surface area contributed by atoms with Crippen LogP contribution in [0.25, 0.3) is 0 Å². The van der Waals surface area contributed by atoms with Crippen molar-refractivity contribution in [2.45, 2.75) is 32.6 Å². The van der Waals surface area contributed by atoms with Gasteiger partial charge in [0.05, 0.1) is 12.7 Å². The molecule has 15 heavy (non-hydrogen) atoms. The fourth-order valence-corrected chi connectivity index (χ4v) is 1.01. The maximum atomic E-state index is 10.9. The topological polar surface area (TPSA) is 63.6 Å². The van der Waals surface area contributed by atoms with Crippen molar-refractivity contribution < 1.29 is 19.4 Å². The second kappa shape index (κ2) is 7.79. The molecule has 4 nitrogen and oxygen atoms in total. The van der Waals surface area contributed by atoms with Gasteiger partial charge in [-0.15, -0.1) is 0 Å². The van der Waals surface area contributed by atoms with Crippen molar-refractivity contribution in [3.8, 4) is 0 Å². The molecule has 0 fully saturated rings. The number of carboxylic acids is 1. The third-order valence-electron chi connectivity index (χ3n) is 1.80. The molecule has 0 bridgehead atoms. The highest BCUT2D eigenvalue weighted by molar-refractivity contribution is 5.87. The van der Waals surface area contributed by atoms with Crippen LogP contribution in [0.1, 0.15) is 32.6 Å². The summed E-state index contributed by atoms with van der Waals surface area (Å²) in [6.45, 7) is 5.21. The monoisotopic (exact) mass is 212 g/mol. The van der Waals surface area contributed by atoms with Gasteiger partial charge in [-0.3, -0.25) is 4.79 Å². The van der Waals surface area contributed by atoms with Gasteiger partial charge >= 0.3 is 11.9 Å². The number of carbonyl (C=O) groups is 2. The van der Waals surface area contributed by atoms with Gasteiger partial charge in [0, 0.05) is 5.57 Å². The lowest BCUT2D eigenvalue weighted by Crippen LogP contribution is -2.03. The minimum Gasteiger partial charge on any atom is -0.478 e. The first-order valence-electron chi connectivity index (χ1n) is 4.84. The quantitative estimate of drug-likeness (QED) is 0.399. The van der Waals surface area contributed by atoms with Gasteiger partial charge in [0.25, 0.3) is 0 Å². The minimum absolute atomic E-state index is 0.0304. The molecule has 0 aliphatic rings. The summed E-state index contributed by atoms with van der Waals surface area (Å²) in [4.78, 5) is 21.6. The van der Waals surface area contributed by atoms with Crippen molar-refractivity contribution >= 4 is 11.9 Å². The van der Waals surface area contributed by atoms with Gasteiger partial charge in [-0.25, -0.2) is 4.79 Å². The van der Waals surface area contributed by atoms with Crippen molar-refractivity contribution in [1.82, 2.24) is 0 Å². The van der Waals surface area contributed by atoms with E-state index >= 15 is 0 Å². The predicted molar refractivity (Wildman–Crippen MR) is 56.1 cm³/mol. The van der Waals surface area contributed by atoms with Gasteiger partial charge in [-0.05, 0) is 12.8 Å². The Morgan fingerprint density at radius 1 is 1.47 bits per heavy atom. The van der Waals surface area contributed by atoms with E-state index < -0.39 is 11.9 Å². The van der Waals surface area contributed by atoms with Crippen molar-refractivity contribution in [2.24, 2.45) is 0 Å². The molecule has 0 saturated carbocycles. The molecule has 0 atom stereocenters. The lowest BCUT2D eigenvalue weighted by Gasteiger charge is -2.00. The molecule has 0 aromatic carbocycles. The Bertz CT molecular complexity index is 266. The average molecular weight is 212 g/mol. The Kier molecular flexibility index (Phi) is 6.97. The third-order valence-corrected chi connectivity index (χ3v) is 1.80. The summed E-state index contributed by atoms with van der Waals surface area (Å²) < 4.78 is 4.46. The smallest absolute Gasteiger partial charge is 0.331 e. The summed E-state index contributed by atoms with van der Waals surface area (Å²) in [6, 6.07) is 0. The fraction of sp³-hybridized carbons (Fsp3) is 0.455. The molecule has 0 aromatic rings. The Hall–Kier alpha value is -1.58. The highest BCUT2D eigenvalue weighted by Gasteiger charge is 2.07. The van der Waals surface area contributed by atoms with Crippen LogP contribution in [0.4, 0.5) is 0 Å². The molecule has 1 N–H and O–H groups in total. The van der Waals surface area contributed by atoms with Crippen LogP contribution >= 0.6 is 0 Å². The van der Waals surface area contributed by atoms with E-state index in [0.29, 0.717) is 6.42 Å². The molecule has 0 radical (unpaired) electrons. The second-order valence-electron chi connectivity index (χ2n) is 3.00. The van der Waals surface area contributed by atoms with E-state index in [-0.39, 0.29) is 12.0 Å². The van der Waals surface area contributed by atoms with Crippen LogP contribution in [-0.2, 0) is 14.3 Å². The number of esters is 1. The van der Waals surface area contributed by atoms with Crippen LogP contribution in [0, 0.1) is 0 Å². The van der Waals surface area contributed by atoms with E-state index in [1.807, 2.05) is 6.92 Å². The van der Waals surface area contributed by atoms with Gasteiger partial charge in [-0.2, -0.15) is 0 Å². The lowest BCUT2D eigenvalue weighted by atomic mass is 10.1. The molecule has 84 valence electrons. The number of ether oxygens (including phenoxy) is 1. The standard InChI is InChI=1S/C11H16O4/c1-3-5-6-9(11(13)14)7-8-10(12)15-4-2/h4,7H,2-3,5-6,8H2,1H3,(H,13,14). The number of carbonyl (C=O) groups excluding carboxylic acids is 1. The van der Waals surface area contributed by atoms with Crippen LogP contribution in [-0.4, -0.2) is 17.0 Å². The molecule has 0 spiro atoms. The summed E-state index contributed by atoms with van der Waals surface area (Å²) in [6.07, 6.45) is 4.59. The molecule has 0 aliphatic carbocycles. The molecule has 0 aromatic heterocycles. The zero-order chi connectivity index (χ0) is 11.7. The van der Waals surface area contributed by atoms with Crippen LogP contribution < -0.4 is 0 Å². The summed E-state index contributed by atoms with van der Waals surface area (Å²) in [7, 11) is 0. The first-order chi connectivity index (χ1) is 7.11. The lowest BCUT2D eigenvalue weighted by molar-refractivity contribution is -0.136. The zero-order valence-corrected chi connectivity index (χ0v) is 8.86. The van der Waals surface area contributed by atoms with Crippen LogP contribution in [0.2, 0.25) is 0 Å². The number of rotatable bonds is 7. The van der Waals surface area contributed by atoms with Gasteiger partial charge in [0.2, 0.25) is 0 Å². The average Bonchev–Trinajstić information content (AvgIpc) is 2.17. The predicted octanol–water partition coefficient (Wildman–Crippen LogP) is 2.26. The highest BCUT2D eigenvalue weighted by atomic mass is 16.5. The number of hydrogen-bond donors (Lipinski definition) is 1. The summed E-state index contributed by atoms with van der Waals surface area (Å²) in [5.74, 6) is -1.48. The molecular formula is C11H16O4. The highest BCUT2D eigenvalue weighted by Crippen LogP contribution is 2.08. The molecule has 0 rings (SSSR count). The maximum Gasteiger partial charge on any atom is 0.331 e. The molecule has 0 heterocycles. The molecule has 0 saturated heterocycles. The zero-order valence-electron chi connectivity index (χ0n) is 8.86. The van der Waals surface area contributed by atoms with Crippen LogP contribution in [0.15, 0.2) is 24.5 Å². The van der Waals surface area contributed by atoms with Crippen LogP contribution in [0.5, 0.6) is 0 Å². The summed E-state index contributed by atoms with van der Waals surface area (Å²) in [5, 5.41) is 8.80. The first kappa shape index (κ1) is 13.4. The van der Waals surface area contributed by atoms with E-state index in [2.05, 4.69) is 11.3 Å². The Balaban J connectivity index is 4.22. The van der Waals surface area contributed by atoms with Crippen molar-refractivity contribution in [3.63, 3.8) is 0 Å². The number of unbranched alkanes of at least 4 members (excludes halogenated alkanes) is 1. The molecule has 0 aliphatic heterocycles. The molecular weight excluding hydrogens is 196 g/mol. The largest absolute Gasteiger partial charge is 0.478 e. The van der Waals surface area contributed by atoms with Crippen molar-refractivity contribution in [1.29, 1.82) is 0 Å². The van der Waals surface area contributed by atoms with Gasteiger partial charge < -0.3 is 9.84 Å². The Labute approximate surface area is 89.2 Å². The van der Waals surface area contributed by atoms with Crippen molar-refractivity contribution in [3.05, 3.63) is 24.5 Å².